The highest BCUT2D eigenvalue weighted by Crippen LogP contribution is 2.23. The van der Waals surface area contributed by atoms with Crippen molar-refractivity contribution < 1.29 is 4.79 Å². The number of carbonyl (C=O) groups excluding carboxylic acids is 1. The number of hydrogen-bond donors (Lipinski definition) is 1. The summed E-state index contributed by atoms with van der Waals surface area (Å²) in [7, 11) is 0. The average molecular weight is 325 g/mol. The van der Waals surface area contributed by atoms with Gasteiger partial charge in [-0.2, -0.15) is 0 Å². The summed E-state index contributed by atoms with van der Waals surface area (Å²) in [5.74, 6) is -0.0175. The van der Waals surface area contributed by atoms with Crippen LogP contribution >= 0.6 is 23.2 Å². The highest BCUT2D eigenvalue weighted by Gasteiger charge is 2.19. The molecule has 2 aromatic rings. The second kappa shape index (κ2) is 5.95. The zero-order valence-corrected chi connectivity index (χ0v) is 13.3. The molecule has 5 nitrogen and oxygen atoms in total. The molecular formula is C14H14Cl2N4O. The van der Waals surface area contributed by atoms with Gasteiger partial charge in [0.15, 0.2) is 11.0 Å². The third kappa shape index (κ3) is 4.12. The van der Waals surface area contributed by atoms with Gasteiger partial charge in [-0.15, -0.1) is 10.2 Å². The summed E-state index contributed by atoms with van der Waals surface area (Å²) in [6.45, 7) is 5.99. The van der Waals surface area contributed by atoms with Crippen LogP contribution in [0.4, 0.5) is 5.82 Å². The van der Waals surface area contributed by atoms with Gasteiger partial charge in [-0.3, -0.25) is 4.79 Å². The van der Waals surface area contributed by atoms with Gasteiger partial charge in [-0.25, -0.2) is 4.98 Å². The molecular weight excluding hydrogens is 311 g/mol. The Hall–Kier alpha value is -1.72. The molecule has 0 aliphatic rings. The molecule has 0 fully saturated rings. The van der Waals surface area contributed by atoms with Crippen molar-refractivity contribution in [2.45, 2.75) is 26.2 Å². The molecule has 0 radical (unpaired) electrons. The van der Waals surface area contributed by atoms with Gasteiger partial charge in [0.2, 0.25) is 0 Å². The molecule has 7 heteroatoms. The second-order valence-electron chi connectivity index (χ2n) is 5.51. The minimum Gasteiger partial charge on any atom is -0.305 e. The highest BCUT2D eigenvalue weighted by molar-refractivity contribution is 6.30. The van der Waals surface area contributed by atoms with Crippen LogP contribution in [0.5, 0.6) is 0 Å². The van der Waals surface area contributed by atoms with E-state index in [9.17, 15) is 4.79 Å². The lowest BCUT2D eigenvalue weighted by Crippen LogP contribution is -2.18. The number of halogens is 2. The first-order valence-corrected chi connectivity index (χ1v) is 7.00. The molecule has 0 unspecified atom stereocenters. The SMILES string of the molecule is CC(C)(C)c1cc(C(=O)Nc2ccc(Cl)nn2)cc(Cl)n1. The van der Waals surface area contributed by atoms with Crippen molar-refractivity contribution in [3.05, 3.63) is 45.8 Å². The van der Waals surface area contributed by atoms with Crippen LogP contribution in [0.15, 0.2) is 24.3 Å². The van der Waals surface area contributed by atoms with Gasteiger partial charge in [0.1, 0.15) is 5.15 Å². The van der Waals surface area contributed by atoms with Crippen molar-refractivity contribution in [2.24, 2.45) is 0 Å². The van der Waals surface area contributed by atoms with E-state index in [0.717, 1.165) is 5.69 Å². The Labute approximate surface area is 132 Å². The molecule has 0 aromatic carbocycles. The van der Waals surface area contributed by atoms with E-state index in [1.807, 2.05) is 20.8 Å². The van der Waals surface area contributed by atoms with Crippen LogP contribution in [0, 0.1) is 0 Å². The summed E-state index contributed by atoms with van der Waals surface area (Å²) < 4.78 is 0. The van der Waals surface area contributed by atoms with Gasteiger partial charge in [0, 0.05) is 16.7 Å². The number of nitrogens with zero attached hydrogens (tertiary/aromatic N) is 3. The Bertz CT molecular complexity index is 666. The highest BCUT2D eigenvalue weighted by atomic mass is 35.5. The predicted octanol–water partition coefficient (Wildman–Crippen LogP) is 3.73. The molecule has 2 heterocycles. The summed E-state index contributed by atoms with van der Waals surface area (Å²) in [6, 6.07) is 6.34. The Morgan fingerprint density at radius 1 is 1.10 bits per heavy atom. The standard InChI is InChI=1S/C14H14Cl2N4O/c1-14(2,3)9-6-8(7-11(16)17-9)13(21)18-12-5-4-10(15)19-20-12/h4-7H,1-3H3,(H,18,20,21). The Morgan fingerprint density at radius 3 is 2.38 bits per heavy atom. The zero-order chi connectivity index (χ0) is 15.6. The number of amides is 1. The third-order valence-electron chi connectivity index (χ3n) is 2.70. The van der Waals surface area contributed by atoms with Crippen molar-refractivity contribution >= 4 is 34.9 Å². The summed E-state index contributed by atoms with van der Waals surface area (Å²) in [5.41, 5.74) is 0.944. The summed E-state index contributed by atoms with van der Waals surface area (Å²) >= 11 is 11.6. The first-order valence-electron chi connectivity index (χ1n) is 6.24. The van der Waals surface area contributed by atoms with Crippen LogP contribution in [0.2, 0.25) is 10.3 Å². The van der Waals surface area contributed by atoms with Crippen LogP contribution in [0.3, 0.4) is 0 Å². The Morgan fingerprint density at radius 2 is 1.81 bits per heavy atom. The van der Waals surface area contributed by atoms with E-state index in [0.29, 0.717) is 11.4 Å². The number of anilines is 1. The molecule has 0 spiro atoms. The van der Waals surface area contributed by atoms with Gasteiger partial charge in [-0.1, -0.05) is 44.0 Å². The number of hydrogen-bond acceptors (Lipinski definition) is 4. The van der Waals surface area contributed by atoms with Gasteiger partial charge in [0.25, 0.3) is 5.91 Å². The maximum absolute atomic E-state index is 12.2. The van der Waals surface area contributed by atoms with Crippen LogP contribution in [0.1, 0.15) is 36.8 Å². The van der Waals surface area contributed by atoms with Gasteiger partial charge in [-0.05, 0) is 24.3 Å². The quantitative estimate of drug-likeness (QED) is 0.854. The van der Waals surface area contributed by atoms with Gasteiger partial charge < -0.3 is 5.32 Å². The third-order valence-corrected chi connectivity index (χ3v) is 3.09. The van der Waals surface area contributed by atoms with Crippen molar-refractivity contribution in [3.63, 3.8) is 0 Å². The van der Waals surface area contributed by atoms with Crippen LogP contribution in [0.25, 0.3) is 0 Å². The largest absolute Gasteiger partial charge is 0.305 e. The van der Waals surface area contributed by atoms with Crippen LogP contribution in [-0.2, 0) is 5.41 Å². The fourth-order valence-electron chi connectivity index (χ4n) is 1.58. The molecule has 1 amide bonds. The average Bonchev–Trinajstić information content (AvgIpc) is 2.39. The molecule has 21 heavy (non-hydrogen) atoms. The molecule has 0 aliphatic carbocycles. The molecule has 0 saturated carbocycles. The number of aromatic nitrogens is 3. The first-order chi connectivity index (χ1) is 9.75. The van der Waals surface area contributed by atoms with Gasteiger partial charge >= 0.3 is 0 Å². The number of carbonyl (C=O) groups is 1. The monoisotopic (exact) mass is 324 g/mol. The van der Waals surface area contributed by atoms with Crippen molar-refractivity contribution in [2.75, 3.05) is 5.32 Å². The predicted molar refractivity (Wildman–Crippen MR) is 82.9 cm³/mol. The molecule has 2 aromatic heterocycles. The lowest BCUT2D eigenvalue weighted by Gasteiger charge is -2.18. The lowest BCUT2D eigenvalue weighted by atomic mass is 9.91. The molecule has 2 rings (SSSR count). The fourth-order valence-corrected chi connectivity index (χ4v) is 1.89. The summed E-state index contributed by atoms with van der Waals surface area (Å²) in [5, 5.41) is 10.6. The minimum atomic E-state index is -0.332. The zero-order valence-electron chi connectivity index (χ0n) is 11.8. The van der Waals surface area contributed by atoms with E-state index in [1.54, 1.807) is 18.2 Å². The maximum atomic E-state index is 12.2. The topological polar surface area (TPSA) is 67.8 Å². The van der Waals surface area contributed by atoms with E-state index in [2.05, 4.69) is 20.5 Å². The first kappa shape index (κ1) is 15.7. The smallest absolute Gasteiger partial charge is 0.257 e. The van der Waals surface area contributed by atoms with E-state index in [-0.39, 0.29) is 21.6 Å². The molecule has 0 atom stereocenters. The summed E-state index contributed by atoms with van der Waals surface area (Å²) in [6.07, 6.45) is 0. The Kier molecular flexibility index (Phi) is 4.44. The Balaban J connectivity index is 2.27. The van der Waals surface area contributed by atoms with Gasteiger partial charge in [0.05, 0.1) is 0 Å². The number of nitrogens with one attached hydrogen (secondary N) is 1. The molecule has 1 N–H and O–H groups in total. The number of rotatable bonds is 2. The second-order valence-corrected chi connectivity index (χ2v) is 6.28. The number of pyridine rings is 1. The fraction of sp³-hybridized carbons (Fsp3) is 0.286. The van der Waals surface area contributed by atoms with E-state index >= 15 is 0 Å². The molecule has 110 valence electrons. The molecule has 0 aliphatic heterocycles. The van der Waals surface area contributed by atoms with E-state index < -0.39 is 0 Å². The summed E-state index contributed by atoms with van der Waals surface area (Å²) in [4.78, 5) is 16.5. The van der Waals surface area contributed by atoms with Crippen molar-refractivity contribution in [3.8, 4) is 0 Å². The normalized spacial score (nSPS) is 11.3. The van der Waals surface area contributed by atoms with Crippen LogP contribution in [-0.4, -0.2) is 21.1 Å². The van der Waals surface area contributed by atoms with E-state index in [1.165, 1.54) is 6.07 Å². The minimum absolute atomic E-state index is 0.208. The van der Waals surface area contributed by atoms with Crippen LogP contribution < -0.4 is 5.32 Å². The van der Waals surface area contributed by atoms with Crippen molar-refractivity contribution in [1.29, 1.82) is 0 Å². The molecule has 0 saturated heterocycles. The lowest BCUT2D eigenvalue weighted by molar-refractivity contribution is 0.102. The molecule has 0 bridgehead atoms. The van der Waals surface area contributed by atoms with Crippen molar-refractivity contribution in [1.82, 2.24) is 15.2 Å². The maximum Gasteiger partial charge on any atom is 0.257 e. The van der Waals surface area contributed by atoms with E-state index in [4.69, 9.17) is 23.2 Å².